The zero-order valence-corrected chi connectivity index (χ0v) is 22.9. The molecular weight excluding hydrogens is 534 g/mol. The molecule has 0 spiro atoms. The van der Waals surface area contributed by atoms with Crippen LogP contribution in [0.3, 0.4) is 0 Å². The van der Waals surface area contributed by atoms with Gasteiger partial charge in [-0.2, -0.15) is 5.10 Å². The highest BCUT2D eigenvalue weighted by atomic mass is 16.6. The molecule has 1 aliphatic heterocycles. The van der Waals surface area contributed by atoms with Crippen LogP contribution in [-0.2, 0) is 0 Å². The average molecular weight is 564 g/mol. The standard InChI is InChI=1S/C31H29N7O4/c1-20-13-15-32-26(18-20)35-30(39)21-9-11-24(12-10-21)41-25-14-16-33-28-27(25)29(37-36-28)34-22-6-5-17-38(19-22)31(40)42-23-7-3-2-4-8-23/h2-4,7-16,18,22H,5-6,17,19H2,1H3,(H,32,35,39)(H2,33,34,36,37)/t22-/m1/s1. The molecule has 42 heavy (non-hydrogen) atoms. The Labute approximate surface area is 241 Å². The summed E-state index contributed by atoms with van der Waals surface area (Å²) in [6.45, 7) is 3.03. The number of aromatic nitrogens is 4. The first-order valence-electron chi connectivity index (χ1n) is 13.7. The number of amides is 2. The molecule has 1 atom stereocenters. The van der Waals surface area contributed by atoms with Gasteiger partial charge in [0.15, 0.2) is 11.5 Å². The highest BCUT2D eigenvalue weighted by Gasteiger charge is 2.26. The highest BCUT2D eigenvalue weighted by molar-refractivity contribution is 6.03. The van der Waals surface area contributed by atoms with Crippen LogP contribution in [0.1, 0.15) is 28.8 Å². The number of hydrogen-bond acceptors (Lipinski definition) is 8. The molecule has 11 nitrogen and oxygen atoms in total. The van der Waals surface area contributed by atoms with E-state index in [2.05, 4.69) is 30.8 Å². The Morgan fingerprint density at radius 1 is 0.976 bits per heavy atom. The molecule has 3 N–H and O–H groups in total. The molecule has 2 aromatic carbocycles. The molecular formula is C31H29N7O4. The number of H-pyrrole nitrogens is 1. The predicted octanol–water partition coefficient (Wildman–Crippen LogP) is 5.78. The van der Waals surface area contributed by atoms with Crippen LogP contribution in [0.25, 0.3) is 11.0 Å². The number of piperidine rings is 1. The lowest BCUT2D eigenvalue weighted by Crippen LogP contribution is -2.46. The molecule has 1 saturated heterocycles. The van der Waals surface area contributed by atoms with Crippen molar-refractivity contribution in [3.05, 3.63) is 96.3 Å². The maximum Gasteiger partial charge on any atom is 0.415 e. The van der Waals surface area contributed by atoms with Crippen LogP contribution in [0.5, 0.6) is 17.2 Å². The van der Waals surface area contributed by atoms with E-state index in [0.29, 0.717) is 58.6 Å². The Balaban J connectivity index is 1.13. The van der Waals surface area contributed by atoms with Crippen LogP contribution in [0.15, 0.2) is 85.2 Å². The highest BCUT2D eigenvalue weighted by Crippen LogP contribution is 2.33. The van der Waals surface area contributed by atoms with E-state index in [-0.39, 0.29) is 18.0 Å². The van der Waals surface area contributed by atoms with Crippen molar-refractivity contribution in [1.29, 1.82) is 0 Å². The van der Waals surface area contributed by atoms with Gasteiger partial charge in [-0.25, -0.2) is 14.8 Å². The third kappa shape index (κ3) is 6.15. The minimum atomic E-state index is -0.377. The number of hydrogen-bond donors (Lipinski definition) is 3. The number of carbonyl (C=O) groups excluding carboxylic acids is 2. The molecule has 1 fully saturated rings. The molecule has 3 aromatic heterocycles. The molecule has 2 amide bonds. The van der Waals surface area contributed by atoms with Gasteiger partial charge >= 0.3 is 6.09 Å². The maximum atomic E-state index is 12.8. The van der Waals surface area contributed by atoms with Crippen molar-refractivity contribution >= 4 is 34.7 Å². The van der Waals surface area contributed by atoms with E-state index in [0.717, 1.165) is 18.4 Å². The van der Waals surface area contributed by atoms with E-state index >= 15 is 0 Å². The van der Waals surface area contributed by atoms with Crippen LogP contribution in [0, 0.1) is 6.92 Å². The fraction of sp³-hybridized carbons (Fsp3) is 0.194. The fourth-order valence-electron chi connectivity index (χ4n) is 4.81. The Morgan fingerprint density at radius 3 is 2.60 bits per heavy atom. The molecule has 11 heteroatoms. The summed E-state index contributed by atoms with van der Waals surface area (Å²) < 4.78 is 11.7. The van der Waals surface area contributed by atoms with Gasteiger partial charge in [0.25, 0.3) is 5.91 Å². The van der Waals surface area contributed by atoms with Crippen LogP contribution in [0.4, 0.5) is 16.4 Å². The van der Waals surface area contributed by atoms with Crippen molar-refractivity contribution < 1.29 is 19.1 Å². The smallest absolute Gasteiger partial charge is 0.415 e. The van der Waals surface area contributed by atoms with Crippen LogP contribution >= 0.6 is 0 Å². The van der Waals surface area contributed by atoms with Crippen LogP contribution in [0.2, 0.25) is 0 Å². The van der Waals surface area contributed by atoms with E-state index in [1.54, 1.807) is 59.8 Å². The first-order chi connectivity index (χ1) is 20.5. The molecule has 212 valence electrons. The number of anilines is 2. The van der Waals surface area contributed by atoms with Gasteiger partial charge in [-0.3, -0.25) is 9.89 Å². The zero-order chi connectivity index (χ0) is 28.9. The van der Waals surface area contributed by atoms with Crippen LogP contribution in [-0.4, -0.2) is 56.2 Å². The quantitative estimate of drug-likeness (QED) is 0.227. The second-order valence-electron chi connectivity index (χ2n) is 10.0. The minimum absolute atomic E-state index is 0.0395. The number of aromatic amines is 1. The summed E-state index contributed by atoms with van der Waals surface area (Å²) >= 11 is 0. The largest absolute Gasteiger partial charge is 0.456 e. The molecule has 1 aliphatic rings. The van der Waals surface area contributed by atoms with Gasteiger partial charge in [-0.1, -0.05) is 18.2 Å². The molecule has 0 radical (unpaired) electrons. The molecule has 0 unspecified atom stereocenters. The number of nitrogens with one attached hydrogen (secondary N) is 3. The number of rotatable bonds is 7. The molecule has 0 saturated carbocycles. The molecule has 6 rings (SSSR count). The Hall–Kier alpha value is -5.45. The van der Waals surface area contributed by atoms with E-state index in [9.17, 15) is 9.59 Å². The van der Waals surface area contributed by atoms with Gasteiger partial charge in [0.2, 0.25) is 0 Å². The summed E-state index contributed by atoms with van der Waals surface area (Å²) in [5.74, 6) is 2.43. The number of aryl methyl sites for hydroxylation is 1. The van der Waals surface area contributed by atoms with Gasteiger partial charge in [-0.15, -0.1) is 0 Å². The SMILES string of the molecule is Cc1ccnc(NC(=O)c2ccc(Oc3ccnc4[nH]nc(N[C@@H]5CCCN(C(=O)Oc6ccccc6)C5)c34)cc2)c1. The number of carbonyl (C=O) groups is 2. The number of pyridine rings is 2. The number of para-hydroxylation sites is 1. The molecule has 0 aliphatic carbocycles. The summed E-state index contributed by atoms with van der Waals surface area (Å²) in [5.41, 5.74) is 2.05. The number of benzene rings is 2. The van der Waals surface area contributed by atoms with Gasteiger partial charge in [-0.05, 0) is 73.9 Å². The first-order valence-corrected chi connectivity index (χ1v) is 13.7. The second kappa shape index (κ2) is 12.0. The summed E-state index contributed by atoms with van der Waals surface area (Å²) in [7, 11) is 0. The summed E-state index contributed by atoms with van der Waals surface area (Å²) in [6, 6.07) is 21.3. The van der Waals surface area contributed by atoms with E-state index in [4.69, 9.17) is 9.47 Å². The predicted molar refractivity (Wildman–Crippen MR) is 158 cm³/mol. The van der Waals surface area contributed by atoms with Gasteiger partial charge in [0.1, 0.15) is 28.5 Å². The molecule has 5 aromatic rings. The van der Waals surface area contributed by atoms with Crippen molar-refractivity contribution in [2.45, 2.75) is 25.8 Å². The number of likely N-dealkylation sites (tertiary alicyclic amines) is 1. The lowest BCUT2D eigenvalue weighted by atomic mass is 10.1. The van der Waals surface area contributed by atoms with E-state index in [1.165, 1.54) is 0 Å². The molecule has 4 heterocycles. The lowest BCUT2D eigenvalue weighted by Gasteiger charge is -2.32. The van der Waals surface area contributed by atoms with Gasteiger partial charge in [0.05, 0.1) is 0 Å². The van der Waals surface area contributed by atoms with E-state index in [1.807, 2.05) is 37.3 Å². The van der Waals surface area contributed by atoms with Gasteiger partial charge in [0, 0.05) is 43.2 Å². The monoisotopic (exact) mass is 563 g/mol. The maximum absolute atomic E-state index is 12.8. The number of ether oxygens (including phenoxy) is 2. The molecule has 0 bridgehead atoms. The lowest BCUT2D eigenvalue weighted by molar-refractivity contribution is 0.102. The third-order valence-corrected chi connectivity index (χ3v) is 6.89. The first kappa shape index (κ1) is 26.8. The average Bonchev–Trinajstić information content (AvgIpc) is 3.42. The Morgan fingerprint density at radius 2 is 1.79 bits per heavy atom. The Bertz CT molecular complexity index is 1710. The minimum Gasteiger partial charge on any atom is -0.456 e. The van der Waals surface area contributed by atoms with Crippen molar-refractivity contribution in [2.24, 2.45) is 0 Å². The third-order valence-electron chi connectivity index (χ3n) is 6.89. The summed E-state index contributed by atoms with van der Waals surface area (Å²) in [4.78, 5) is 35.7. The number of fused-ring (bicyclic) bond motifs is 1. The van der Waals surface area contributed by atoms with E-state index < -0.39 is 0 Å². The van der Waals surface area contributed by atoms with Crippen molar-refractivity contribution in [3.8, 4) is 17.2 Å². The van der Waals surface area contributed by atoms with Crippen molar-refractivity contribution in [1.82, 2.24) is 25.1 Å². The normalized spacial score (nSPS) is 14.8. The summed E-state index contributed by atoms with van der Waals surface area (Å²) in [5, 5.41) is 14.3. The summed E-state index contributed by atoms with van der Waals surface area (Å²) in [6.07, 6.45) is 4.60. The topological polar surface area (TPSA) is 134 Å². The van der Waals surface area contributed by atoms with Crippen LogP contribution < -0.4 is 20.1 Å². The van der Waals surface area contributed by atoms with Crippen molar-refractivity contribution in [2.75, 3.05) is 23.7 Å². The second-order valence-corrected chi connectivity index (χ2v) is 10.0. The van der Waals surface area contributed by atoms with Gasteiger partial charge < -0.3 is 25.0 Å². The Kier molecular flexibility index (Phi) is 7.62. The number of nitrogens with zero attached hydrogens (tertiary/aromatic N) is 4. The fourth-order valence-corrected chi connectivity index (χ4v) is 4.81. The van der Waals surface area contributed by atoms with Crippen molar-refractivity contribution in [3.63, 3.8) is 0 Å². The zero-order valence-electron chi connectivity index (χ0n) is 22.9.